The summed E-state index contributed by atoms with van der Waals surface area (Å²) in [5.41, 5.74) is -0.549. The van der Waals surface area contributed by atoms with E-state index in [0.29, 0.717) is 0 Å². The molecule has 0 aromatic heterocycles. The normalized spacial score (nSPS) is 13.6. The minimum atomic E-state index is -0.797. The number of aliphatic hydroxyl groups is 2. The maximum atomic E-state index is 10.2. The minimum absolute atomic E-state index is 0.549. The predicted molar refractivity (Wildman–Crippen MR) is 43.2 cm³/mol. The molecule has 66 valence electrons. The fourth-order valence-electron chi connectivity index (χ4n) is 0.556. The highest BCUT2D eigenvalue weighted by Crippen LogP contribution is 2.10. The zero-order valence-corrected chi connectivity index (χ0v) is 6.52. The Hall–Kier alpha value is -1.78. The van der Waals surface area contributed by atoms with Crippen LogP contribution in [0, 0.1) is 10.1 Å². The molecule has 0 radical (unpaired) electrons. The lowest BCUT2D eigenvalue weighted by atomic mass is 10.3. The molecule has 0 aliphatic carbocycles. The van der Waals surface area contributed by atoms with Gasteiger partial charge in [-0.2, -0.15) is 0 Å². The van der Waals surface area contributed by atoms with Crippen molar-refractivity contribution in [2.24, 2.45) is 0 Å². The second kappa shape index (κ2) is 4.17. The summed E-state index contributed by atoms with van der Waals surface area (Å²) in [6, 6.07) is 0. The summed E-state index contributed by atoms with van der Waals surface area (Å²) in [6.45, 7) is 4.52. The van der Waals surface area contributed by atoms with Crippen molar-refractivity contribution in [2.75, 3.05) is 0 Å². The number of nitro groups is 1. The topological polar surface area (TPSA) is 83.6 Å². The van der Waals surface area contributed by atoms with Gasteiger partial charge in [-0.1, -0.05) is 6.58 Å². The monoisotopic (exact) mass is 171 g/mol. The van der Waals surface area contributed by atoms with E-state index >= 15 is 0 Å². The van der Waals surface area contributed by atoms with Crippen molar-refractivity contribution >= 4 is 0 Å². The van der Waals surface area contributed by atoms with Gasteiger partial charge in [0.1, 0.15) is 0 Å². The van der Waals surface area contributed by atoms with Crippen LogP contribution in [-0.2, 0) is 0 Å². The van der Waals surface area contributed by atoms with Crippen molar-refractivity contribution in [3.8, 4) is 0 Å². The van der Waals surface area contributed by atoms with E-state index in [1.807, 2.05) is 0 Å². The average Bonchev–Trinajstić information content (AvgIpc) is 2.03. The number of aliphatic hydroxyl groups excluding tert-OH is 2. The number of hydrogen-bond donors (Lipinski definition) is 2. The Morgan fingerprint density at radius 2 is 2.08 bits per heavy atom. The largest absolute Gasteiger partial charge is 0.504 e. The number of rotatable bonds is 3. The Balaban J connectivity index is 5.03. The van der Waals surface area contributed by atoms with Gasteiger partial charge >= 0.3 is 5.70 Å². The molecular formula is C7H9NO4. The number of nitrogens with zero attached hydrogens (tertiary/aromatic N) is 1. The van der Waals surface area contributed by atoms with E-state index in [4.69, 9.17) is 10.2 Å². The zero-order valence-electron chi connectivity index (χ0n) is 6.52. The molecule has 0 amide bonds. The zero-order chi connectivity index (χ0) is 9.72. The first kappa shape index (κ1) is 10.2. The predicted octanol–water partition coefficient (Wildman–Crippen LogP) is 1.68. The molecule has 0 aromatic rings. The lowest BCUT2D eigenvalue weighted by molar-refractivity contribution is -0.424. The SMILES string of the molecule is C=C/C(O)=C(O)\C(=C/C)[N+](=O)[O-]. The van der Waals surface area contributed by atoms with E-state index in [9.17, 15) is 10.1 Å². The minimum Gasteiger partial charge on any atom is -0.504 e. The van der Waals surface area contributed by atoms with E-state index in [2.05, 4.69) is 6.58 Å². The van der Waals surface area contributed by atoms with E-state index in [0.717, 1.165) is 12.2 Å². The fourth-order valence-corrected chi connectivity index (χ4v) is 0.556. The molecule has 0 saturated carbocycles. The molecule has 0 spiro atoms. The molecule has 12 heavy (non-hydrogen) atoms. The molecule has 5 nitrogen and oxygen atoms in total. The molecule has 0 fully saturated rings. The van der Waals surface area contributed by atoms with Crippen LogP contribution in [0.2, 0.25) is 0 Å². The Labute approximate surface area is 69.1 Å². The maximum Gasteiger partial charge on any atom is 0.310 e. The summed E-state index contributed by atoms with van der Waals surface area (Å²) in [4.78, 5) is 9.39. The highest BCUT2D eigenvalue weighted by Gasteiger charge is 2.18. The molecule has 0 saturated heterocycles. The molecule has 0 aromatic carbocycles. The summed E-state index contributed by atoms with van der Waals surface area (Å²) in [7, 11) is 0. The second-order valence-corrected chi connectivity index (χ2v) is 1.87. The van der Waals surface area contributed by atoms with Gasteiger partial charge in [-0.25, -0.2) is 0 Å². The Bertz CT molecular complexity index is 265. The molecule has 0 aliphatic rings. The van der Waals surface area contributed by atoms with Gasteiger partial charge in [0.25, 0.3) is 0 Å². The maximum absolute atomic E-state index is 10.2. The second-order valence-electron chi connectivity index (χ2n) is 1.87. The van der Waals surface area contributed by atoms with Crippen molar-refractivity contribution < 1.29 is 15.1 Å². The summed E-state index contributed by atoms with van der Waals surface area (Å²) in [5.74, 6) is -1.39. The van der Waals surface area contributed by atoms with Crippen molar-refractivity contribution in [1.82, 2.24) is 0 Å². The van der Waals surface area contributed by atoms with E-state index in [-0.39, 0.29) is 0 Å². The molecule has 0 bridgehead atoms. The van der Waals surface area contributed by atoms with Crippen molar-refractivity contribution in [2.45, 2.75) is 6.92 Å². The average molecular weight is 171 g/mol. The molecule has 0 aliphatic heterocycles. The highest BCUT2D eigenvalue weighted by atomic mass is 16.6. The van der Waals surface area contributed by atoms with Crippen LogP contribution in [0.25, 0.3) is 0 Å². The molecular weight excluding hydrogens is 162 g/mol. The van der Waals surface area contributed by atoms with Crippen LogP contribution < -0.4 is 0 Å². The smallest absolute Gasteiger partial charge is 0.310 e. The number of allylic oxidation sites excluding steroid dienone is 2. The van der Waals surface area contributed by atoms with Gasteiger partial charge in [0.2, 0.25) is 5.76 Å². The van der Waals surface area contributed by atoms with Crippen LogP contribution in [0.1, 0.15) is 6.92 Å². The third-order valence-corrected chi connectivity index (χ3v) is 1.15. The molecule has 2 N–H and O–H groups in total. The van der Waals surface area contributed by atoms with Gasteiger partial charge in [0, 0.05) is 0 Å². The van der Waals surface area contributed by atoms with Crippen molar-refractivity contribution in [3.63, 3.8) is 0 Å². The van der Waals surface area contributed by atoms with E-state index in [1.54, 1.807) is 0 Å². The van der Waals surface area contributed by atoms with Crippen LogP contribution >= 0.6 is 0 Å². The van der Waals surface area contributed by atoms with Gasteiger partial charge in [0.15, 0.2) is 5.76 Å². The Morgan fingerprint density at radius 1 is 1.58 bits per heavy atom. The first-order valence-electron chi connectivity index (χ1n) is 3.10. The Kier molecular flexibility index (Phi) is 3.55. The van der Waals surface area contributed by atoms with Crippen molar-refractivity contribution in [3.05, 3.63) is 46.1 Å². The van der Waals surface area contributed by atoms with E-state index < -0.39 is 22.1 Å². The van der Waals surface area contributed by atoms with Gasteiger partial charge in [0.05, 0.1) is 4.92 Å². The van der Waals surface area contributed by atoms with Gasteiger partial charge in [-0.3, -0.25) is 10.1 Å². The summed E-state index contributed by atoms with van der Waals surface area (Å²) in [5, 5.41) is 28.0. The standard InChI is InChI=1S/C7H9NO4/c1-3-5(8(11)12)7(10)6(9)4-2/h3-4,9-10H,2H2,1H3/b5-3+,7-6-. The third kappa shape index (κ3) is 2.12. The number of hydrogen-bond acceptors (Lipinski definition) is 4. The van der Waals surface area contributed by atoms with E-state index in [1.165, 1.54) is 6.92 Å². The third-order valence-electron chi connectivity index (χ3n) is 1.15. The van der Waals surface area contributed by atoms with Gasteiger partial charge in [-0.15, -0.1) is 0 Å². The van der Waals surface area contributed by atoms with Gasteiger partial charge in [-0.05, 0) is 19.1 Å². The summed E-state index contributed by atoms with van der Waals surface area (Å²) >= 11 is 0. The Morgan fingerprint density at radius 3 is 2.33 bits per heavy atom. The molecule has 0 heterocycles. The lowest BCUT2D eigenvalue weighted by Crippen LogP contribution is -2.03. The van der Waals surface area contributed by atoms with Gasteiger partial charge < -0.3 is 10.2 Å². The quantitative estimate of drug-likeness (QED) is 0.293. The summed E-state index contributed by atoms with van der Waals surface area (Å²) in [6.07, 6.45) is 2.00. The first-order valence-corrected chi connectivity index (χ1v) is 3.10. The molecule has 0 rings (SSSR count). The van der Waals surface area contributed by atoms with Crippen LogP contribution in [0.3, 0.4) is 0 Å². The van der Waals surface area contributed by atoms with Crippen LogP contribution in [0.4, 0.5) is 0 Å². The first-order chi connectivity index (χ1) is 5.54. The molecule has 5 heteroatoms. The van der Waals surface area contributed by atoms with Crippen LogP contribution in [0.5, 0.6) is 0 Å². The van der Waals surface area contributed by atoms with Crippen molar-refractivity contribution in [1.29, 1.82) is 0 Å². The molecule has 0 atom stereocenters. The van der Waals surface area contributed by atoms with Crippen LogP contribution in [0.15, 0.2) is 35.9 Å². The van der Waals surface area contributed by atoms with Crippen LogP contribution in [-0.4, -0.2) is 15.1 Å². The highest BCUT2D eigenvalue weighted by molar-refractivity contribution is 5.25. The lowest BCUT2D eigenvalue weighted by Gasteiger charge is -1.97. The fraction of sp³-hybridized carbons (Fsp3) is 0.143. The summed E-state index contributed by atoms with van der Waals surface area (Å²) < 4.78 is 0. The molecule has 0 unspecified atom stereocenters.